The molecule has 2 amide bonds. The first kappa shape index (κ1) is 19.3. The van der Waals surface area contributed by atoms with Crippen LogP contribution in [0.3, 0.4) is 0 Å². The minimum absolute atomic E-state index is 0.291. The summed E-state index contributed by atoms with van der Waals surface area (Å²) in [6, 6.07) is 21.6. The third kappa shape index (κ3) is 5.26. The van der Waals surface area contributed by atoms with Gasteiger partial charge in [-0.25, -0.2) is 0 Å². The van der Waals surface area contributed by atoms with E-state index in [1.165, 1.54) is 17.8 Å². The summed E-state index contributed by atoms with van der Waals surface area (Å²) >= 11 is 13.3. The minimum Gasteiger partial charge on any atom is -0.318 e. The topological polar surface area (TPSA) is 58.2 Å². The third-order valence-corrected chi connectivity index (χ3v) is 5.31. The van der Waals surface area contributed by atoms with E-state index in [2.05, 4.69) is 10.6 Å². The van der Waals surface area contributed by atoms with Crippen molar-refractivity contribution >= 4 is 58.2 Å². The predicted octanol–water partition coefficient (Wildman–Crippen LogP) is 5.72. The lowest BCUT2D eigenvalue weighted by Gasteiger charge is -2.11. The van der Waals surface area contributed by atoms with Gasteiger partial charge >= 0.3 is 11.8 Å². The summed E-state index contributed by atoms with van der Waals surface area (Å²) in [7, 11) is 0. The fourth-order valence-corrected chi connectivity index (χ4v) is 3.44. The fourth-order valence-electron chi connectivity index (χ4n) is 2.22. The molecule has 0 unspecified atom stereocenters. The van der Waals surface area contributed by atoms with Crippen molar-refractivity contribution < 1.29 is 9.59 Å². The van der Waals surface area contributed by atoms with Gasteiger partial charge in [-0.1, -0.05) is 65.3 Å². The molecule has 0 radical (unpaired) electrons. The molecule has 0 bridgehead atoms. The Bertz CT molecular complexity index is 981. The first-order valence-electron chi connectivity index (χ1n) is 7.92. The van der Waals surface area contributed by atoms with E-state index in [-0.39, 0.29) is 0 Å². The van der Waals surface area contributed by atoms with E-state index in [1.54, 1.807) is 24.3 Å². The zero-order chi connectivity index (χ0) is 19.2. The van der Waals surface area contributed by atoms with Crippen LogP contribution >= 0.6 is 35.0 Å². The number of amides is 2. The highest BCUT2D eigenvalue weighted by Gasteiger charge is 2.16. The molecule has 27 heavy (non-hydrogen) atoms. The van der Waals surface area contributed by atoms with Gasteiger partial charge < -0.3 is 10.6 Å². The number of anilines is 2. The molecule has 0 aromatic heterocycles. The lowest BCUT2D eigenvalue weighted by Crippen LogP contribution is -2.29. The van der Waals surface area contributed by atoms with Crippen molar-refractivity contribution in [1.82, 2.24) is 0 Å². The molecule has 0 fully saturated rings. The summed E-state index contributed by atoms with van der Waals surface area (Å²) in [5.74, 6) is -1.57. The van der Waals surface area contributed by atoms with Gasteiger partial charge in [0.05, 0.1) is 15.7 Å². The number of carbonyl (C=O) groups excluding carboxylic acids is 2. The Morgan fingerprint density at radius 1 is 0.741 bits per heavy atom. The SMILES string of the molecule is O=C(Nc1ccc(Cl)c(Cl)c1)C(=O)Nc1ccccc1Sc1ccccc1. The van der Waals surface area contributed by atoms with E-state index < -0.39 is 11.8 Å². The second kappa shape index (κ2) is 8.95. The maximum atomic E-state index is 12.3. The molecule has 136 valence electrons. The molecule has 0 aliphatic carbocycles. The third-order valence-electron chi connectivity index (χ3n) is 3.49. The molecule has 3 aromatic carbocycles. The zero-order valence-electron chi connectivity index (χ0n) is 13.9. The van der Waals surface area contributed by atoms with Crippen LogP contribution in [0.2, 0.25) is 10.0 Å². The number of para-hydroxylation sites is 1. The molecule has 0 spiro atoms. The van der Waals surface area contributed by atoms with Crippen LogP contribution in [0.4, 0.5) is 11.4 Å². The Morgan fingerprint density at radius 3 is 2.15 bits per heavy atom. The molecular formula is C20H14Cl2N2O2S. The van der Waals surface area contributed by atoms with E-state index in [4.69, 9.17) is 23.2 Å². The van der Waals surface area contributed by atoms with Gasteiger partial charge in [0, 0.05) is 15.5 Å². The fraction of sp³-hybridized carbons (Fsp3) is 0. The summed E-state index contributed by atoms with van der Waals surface area (Å²) in [6.45, 7) is 0. The Labute approximate surface area is 170 Å². The van der Waals surface area contributed by atoms with Crippen LogP contribution in [0.1, 0.15) is 0 Å². The summed E-state index contributed by atoms with van der Waals surface area (Å²) < 4.78 is 0. The van der Waals surface area contributed by atoms with E-state index in [0.29, 0.717) is 21.4 Å². The Morgan fingerprint density at radius 2 is 1.41 bits per heavy atom. The number of carbonyl (C=O) groups is 2. The minimum atomic E-state index is -0.798. The second-order valence-corrected chi connectivity index (χ2v) is 7.38. The summed E-state index contributed by atoms with van der Waals surface area (Å²) in [5.41, 5.74) is 0.942. The highest BCUT2D eigenvalue weighted by molar-refractivity contribution is 7.99. The molecule has 2 N–H and O–H groups in total. The van der Waals surface area contributed by atoms with Gasteiger partial charge in [0.15, 0.2) is 0 Å². The normalized spacial score (nSPS) is 10.3. The largest absolute Gasteiger partial charge is 0.318 e. The molecule has 3 rings (SSSR count). The van der Waals surface area contributed by atoms with Crippen LogP contribution in [0.5, 0.6) is 0 Å². The van der Waals surface area contributed by atoms with Crippen molar-refractivity contribution in [3.8, 4) is 0 Å². The number of hydrogen-bond acceptors (Lipinski definition) is 3. The second-order valence-electron chi connectivity index (χ2n) is 5.45. The van der Waals surface area contributed by atoms with Crippen molar-refractivity contribution in [2.45, 2.75) is 9.79 Å². The number of hydrogen-bond donors (Lipinski definition) is 2. The van der Waals surface area contributed by atoms with E-state index >= 15 is 0 Å². The van der Waals surface area contributed by atoms with Gasteiger partial charge in [-0.3, -0.25) is 9.59 Å². The highest BCUT2D eigenvalue weighted by Crippen LogP contribution is 2.33. The monoisotopic (exact) mass is 416 g/mol. The maximum Gasteiger partial charge on any atom is 0.314 e. The molecule has 0 heterocycles. The number of halogens is 2. The van der Waals surface area contributed by atoms with Crippen LogP contribution in [0.15, 0.2) is 82.6 Å². The first-order valence-corrected chi connectivity index (χ1v) is 9.49. The lowest BCUT2D eigenvalue weighted by atomic mass is 10.3. The molecular weight excluding hydrogens is 403 g/mol. The Kier molecular flexibility index (Phi) is 6.40. The van der Waals surface area contributed by atoms with Crippen molar-refractivity contribution in [2.24, 2.45) is 0 Å². The standard InChI is InChI=1S/C20H14Cl2N2O2S/c21-15-11-10-13(12-16(15)22)23-19(25)20(26)24-17-8-4-5-9-18(17)27-14-6-2-1-3-7-14/h1-12H,(H,23,25)(H,24,26). The predicted molar refractivity (Wildman–Crippen MR) is 111 cm³/mol. The number of rotatable bonds is 4. The van der Waals surface area contributed by atoms with Crippen molar-refractivity contribution in [2.75, 3.05) is 10.6 Å². The van der Waals surface area contributed by atoms with Gasteiger partial charge in [-0.05, 0) is 42.5 Å². The first-order chi connectivity index (χ1) is 13.0. The summed E-state index contributed by atoms with van der Waals surface area (Å²) in [4.78, 5) is 26.3. The van der Waals surface area contributed by atoms with Gasteiger partial charge in [-0.15, -0.1) is 0 Å². The average molecular weight is 417 g/mol. The van der Waals surface area contributed by atoms with Crippen molar-refractivity contribution in [3.05, 3.63) is 82.8 Å². The van der Waals surface area contributed by atoms with Crippen LogP contribution in [0.25, 0.3) is 0 Å². The average Bonchev–Trinajstić information content (AvgIpc) is 2.67. The molecule has 0 saturated carbocycles. The summed E-state index contributed by atoms with van der Waals surface area (Å²) in [6.07, 6.45) is 0. The maximum absolute atomic E-state index is 12.3. The molecule has 0 saturated heterocycles. The van der Waals surface area contributed by atoms with Gasteiger partial charge in [-0.2, -0.15) is 0 Å². The van der Waals surface area contributed by atoms with Crippen LogP contribution in [-0.2, 0) is 9.59 Å². The van der Waals surface area contributed by atoms with Gasteiger partial charge in [0.25, 0.3) is 0 Å². The highest BCUT2D eigenvalue weighted by atomic mass is 35.5. The molecule has 3 aromatic rings. The quantitative estimate of drug-likeness (QED) is 0.534. The summed E-state index contributed by atoms with van der Waals surface area (Å²) in [5, 5.41) is 5.80. The van der Waals surface area contributed by atoms with E-state index in [0.717, 1.165) is 9.79 Å². The molecule has 4 nitrogen and oxygen atoms in total. The Balaban J connectivity index is 1.70. The number of nitrogens with one attached hydrogen (secondary N) is 2. The van der Waals surface area contributed by atoms with Crippen LogP contribution < -0.4 is 10.6 Å². The lowest BCUT2D eigenvalue weighted by molar-refractivity contribution is -0.133. The Hall–Kier alpha value is -2.47. The van der Waals surface area contributed by atoms with Crippen molar-refractivity contribution in [1.29, 1.82) is 0 Å². The molecule has 0 aliphatic rings. The van der Waals surface area contributed by atoms with Crippen LogP contribution in [-0.4, -0.2) is 11.8 Å². The van der Waals surface area contributed by atoms with Crippen molar-refractivity contribution in [3.63, 3.8) is 0 Å². The zero-order valence-corrected chi connectivity index (χ0v) is 16.2. The molecule has 0 atom stereocenters. The molecule has 0 aliphatic heterocycles. The molecule has 7 heteroatoms. The van der Waals surface area contributed by atoms with E-state index in [1.807, 2.05) is 42.5 Å². The van der Waals surface area contributed by atoms with Gasteiger partial charge in [0.2, 0.25) is 0 Å². The smallest absolute Gasteiger partial charge is 0.314 e. The number of benzene rings is 3. The van der Waals surface area contributed by atoms with E-state index in [9.17, 15) is 9.59 Å². The van der Waals surface area contributed by atoms with Crippen LogP contribution in [0, 0.1) is 0 Å². The van der Waals surface area contributed by atoms with Gasteiger partial charge in [0.1, 0.15) is 0 Å².